The van der Waals surface area contributed by atoms with Crippen LogP contribution in [-0.2, 0) is 16.0 Å². The smallest absolute Gasteiger partial charge is 0.234 e. The Morgan fingerprint density at radius 3 is 2.42 bits per heavy atom. The fraction of sp³-hybridized carbons (Fsp3) is 0.667. The Labute approximate surface area is 216 Å². The van der Waals surface area contributed by atoms with Crippen LogP contribution < -0.4 is 15.4 Å². The van der Waals surface area contributed by atoms with Crippen LogP contribution in [0.1, 0.15) is 26.3 Å². The zero-order valence-corrected chi connectivity index (χ0v) is 23.0. The monoisotopic (exact) mass is 575 g/mol. The van der Waals surface area contributed by atoms with E-state index < -0.39 is 0 Å². The van der Waals surface area contributed by atoms with Gasteiger partial charge in [0.1, 0.15) is 5.75 Å². The van der Waals surface area contributed by atoms with E-state index in [-0.39, 0.29) is 29.9 Å². The van der Waals surface area contributed by atoms with Crippen LogP contribution in [0.2, 0.25) is 0 Å². The lowest BCUT2D eigenvalue weighted by Crippen LogP contribution is -2.54. The fourth-order valence-electron chi connectivity index (χ4n) is 3.40. The van der Waals surface area contributed by atoms with Crippen molar-refractivity contribution in [2.75, 3.05) is 72.7 Å². The normalized spacial score (nSPS) is 14.7. The third-order valence-electron chi connectivity index (χ3n) is 5.17. The Kier molecular flexibility index (Phi) is 15.1. The lowest BCUT2D eigenvalue weighted by atomic mass is 10.1. The number of hydrogen-bond donors (Lipinski definition) is 2. The van der Waals surface area contributed by atoms with Gasteiger partial charge in [0.15, 0.2) is 5.96 Å². The zero-order chi connectivity index (χ0) is 23.2. The van der Waals surface area contributed by atoms with Crippen LogP contribution in [-0.4, -0.2) is 94.3 Å². The molecule has 0 aliphatic carbocycles. The largest absolute Gasteiger partial charge is 0.493 e. The van der Waals surface area contributed by atoms with Gasteiger partial charge in [-0.3, -0.25) is 14.7 Å². The molecule has 0 bridgehead atoms. The summed E-state index contributed by atoms with van der Waals surface area (Å²) in [4.78, 5) is 21.3. The van der Waals surface area contributed by atoms with E-state index in [0.717, 1.165) is 64.0 Å². The maximum Gasteiger partial charge on any atom is 0.234 e. The van der Waals surface area contributed by atoms with Crippen molar-refractivity contribution >= 4 is 35.8 Å². The van der Waals surface area contributed by atoms with E-state index in [1.165, 1.54) is 5.56 Å². The Hall–Kier alpha value is -1.59. The predicted octanol–water partition coefficient (Wildman–Crippen LogP) is 2.23. The summed E-state index contributed by atoms with van der Waals surface area (Å²) < 4.78 is 10.7. The van der Waals surface area contributed by atoms with Crippen LogP contribution in [0.3, 0.4) is 0 Å². The number of ether oxygens (including phenoxy) is 2. The number of aliphatic imine (C=N–C) groups is 1. The number of carbonyl (C=O) groups excluding carboxylic acids is 1. The molecular formula is C24H42IN5O3. The van der Waals surface area contributed by atoms with Gasteiger partial charge in [-0.05, 0) is 37.0 Å². The van der Waals surface area contributed by atoms with E-state index in [0.29, 0.717) is 25.6 Å². The van der Waals surface area contributed by atoms with Gasteiger partial charge >= 0.3 is 0 Å². The number of benzene rings is 1. The van der Waals surface area contributed by atoms with Crippen molar-refractivity contribution in [2.45, 2.75) is 27.2 Å². The fourth-order valence-corrected chi connectivity index (χ4v) is 3.40. The molecule has 0 atom stereocenters. The summed E-state index contributed by atoms with van der Waals surface area (Å²) in [6.07, 6.45) is 0.890. The Morgan fingerprint density at radius 2 is 1.82 bits per heavy atom. The summed E-state index contributed by atoms with van der Waals surface area (Å²) in [5.74, 6) is 2.45. The molecule has 1 amide bonds. The first-order chi connectivity index (χ1) is 15.5. The van der Waals surface area contributed by atoms with E-state index in [9.17, 15) is 4.79 Å². The highest BCUT2D eigenvalue weighted by molar-refractivity contribution is 14.0. The molecule has 1 aliphatic rings. The minimum absolute atomic E-state index is 0. The second-order valence-electron chi connectivity index (χ2n) is 8.44. The van der Waals surface area contributed by atoms with E-state index in [1.54, 1.807) is 7.11 Å². The van der Waals surface area contributed by atoms with Crippen LogP contribution in [0.25, 0.3) is 0 Å². The molecule has 0 saturated carbocycles. The van der Waals surface area contributed by atoms with Crippen molar-refractivity contribution in [3.63, 3.8) is 0 Å². The number of nitrogens with one attached hydrogen (secondary N) is 2. The lowest BCUT2D eigenvalue weighted by Gasteiger charge is -2.36. The van der Waals surface area contributed by atoms with E-state index in [4.69, 9.17) is 14.5 Å². The van der Waals surface area contributed by atoms with E-state index >= 15 is 0 Å². The molecule has 0 unspecified atom stereocenters. The molecule has 0 radical (unpaired) electrons. The van der Waals surface area contributed by atoms with Crippen molar-refractivity contribution < 1.29 is 14.3 Å². The average molecular weight is 576 g/mol. The van der Waals surface area contributed by atoms with Crippen molar-refractivity contribution in [1.29, 1.82) is 0 Å². The molecule has 33 heavy (non-hydrogen) atoms. The van der Waals surface area contributed by atoms with Crippen LogP contribution in [0.15, 0.2) is 29.3 Å². The van der Waals surface area contributed by atoms with Crippen LogP contribution in [0.5, 0.6) is 5.75 Å². The molecule has 1 saturated heterocycles. The Balaban J connectivity index is 0.00000544. The number of hydrogen-bond acceptors (Lipinski definition) is 5. The van der Waals surface area contributed by atoms with Gasteiger partial charge in [-0.15, -0.1) is 24.0 Å². The van der Waals surface area contributed by atoms with Crippen molar-refractivity contribution in [1.82, 2.24) is 20.4 Å². The summed E-state index contributed by atoms with van der Waals surface area (Å²) in [5.41, 5.74) is 1.26. The molecule has 2 rings (SSSR count). The van der Waals surface area contributed by atoms with Crippen molar-refractivity contribution in [3.05, 3.63) is 29.8 Å². The maximum absolute atomic E-state index is 12.0. The number of guanidine groups is 1. The summed E-state index contributed by atoms with van der Waals surface area (Å²) in [7, 11) is 1.63. The van der Waals surface area contributed by atoms with Crippen LogP contribution in [0.4, 0.5) is 0 Å². The SMILES string of the molecule is CCNC(=NCCc1ccc(OCC(C)C)cc1)N1CCN(CC(=O)NCCOC)CC1.I. The Morgan fingerprint density at radius 1 is 1.12 bits per heavy atom. The van der Waals surface area contributed by atoms with Crippen molar-refractivity contribution in [3.8, 4) is 5.75 Å². The summed E-state index contributed by atoms with van der Waals surface area (Å²) >= 11 is 0. The highest BCUT2D eigenvalue weighted by Crippen LogP contribution is 2.14. The Bertz CT molecular complexity index is 692. The topological polar surface area (TPSA) is 78.4 Å². The minimum Gasteiger partial charge on any atom is -0.493 e. The molecule has 8 nitrogen and oxygen atoms in total. The number of halogens is 1. The van der Waals surface area contributed by atoms with Gasteiger partial charge in [0, 0.05) is 52.9 Å². The lowest BCUT2D eigenvalue weighted by molar-refractivity contribution is -0.122. The maximum atomic E-state index is 12.0. The van der Waals surface area contributed by atoms with E-state index in [2.05, 4.69) is 53.3 Å². The van der Waals surface area contributed by atoms with Gasteiger partial charge in [0.2, 0.25) is 5.91 Å². The van der Waals surface area contributed by atoms with Gasteiger partial charge in [0.05, 0.1) is 19.8 Å². The number of rotatable bonds is 12. The molecule has 0 spiro atoms. The molecular weight excluding hydrogens is 533 g/mol. The van der Waals surface area contributed by atoms with Gasteiger partial charge in [-0.25, -0.2) is 0 Å². The second-order valence-corrected chi connectivity index (χ2v) is 8.44. The van der Waals surface area contributed by atoms with Crippen LogP contribution >= 0.6 is 24.0 Å². The molecule has 1 fully saturated rings. The number of methoxy groups -OCH3 is 1. The first-order valence-electron chi connectivity index (χ1n) is 11.7. The van der Waals surface area contributed by atoms with Gasteiger partial charge < -0.3 is 25.0 Å². The quantitative estimate of drug-likeness (QED) is 0.172. The van der Waals surface area contributed by atoms with Crippen LogP contribution in [0, 0.1) is 5.92 Å². The molecule has 9 heteroatoms. The van der Waals surface area contributed by atoms with Gasteiger partial charge in [0.25, 0.3) is 0 Å². The standard InChI is InChI=1S/C24H41N5O3.HI/c1-5-25-24(27-11-10-21-6-8-22(9-7-21)32-19-20(2)3)29-15-13-28(14-16-29)18-23(30)26-12-17-31-4;/h6-9,20H,5,10-19H2,1-4H3,(H,25,27)(H,26,30);1H. The van der Waals surface area contributed by atoms with Gasteiger partial charge in [-0.2, -0.15) is 0 Å². The highest BCUT2D eigenvalue weighted by Gasteiger charge is 2.21. The minimum atomic E-state index is 0. The third-order valence-corrected chi connectivity index (χ3v) is 5.17. The van der Waals surface area contributed by atoms with Gasteiger partial charge in [-0.1, -0.05) is 26.0 Å². The van der Waals surface area contributed by atoms with E-state index in [1.807, 2.05) is 12.1 Å². The number of nitrogens with zero attached hydrogens (tertiary/aromatic N) is 3. The number of amides is 1. The first-order valence-corrected chi connectivity index (χ1v) is 11.7. The predicted molar refractivity (Wildman–Crippen MR) is 145 cm³/mol. The number of piperazine rings is 1. The molecule has 2 N–H and O–H groups in total. The van der Waals surface area contributed by atoms with Crippen molar-refractivity contribution in [2.24, 2.45) is 10.9 Å². The summed E-state index contributed by atoms with van der Waals surface area (Å²) in [6, 6.07) is 8.32. The average Bonchev–Trinajstić information content (AvgIpc) is 2.78. The second kappa shape index (κ2) is 16.9. The molecule has 1 aliphatic heterocycles. The number of carbonyl (C=O) groups is 1. The molecule has 1 heterocycles. The molecule has 0 aromatic heterocycles. The molecule has 188 valence electrons. The summed E-state index contributed by atoms with van der Waals surface area (Å²) in [6.45, 7) is 13.6. The third kappa shape index (κ3) is 11.9. The summed E-state index contributed by atoms with van der Waals surface area (Å²) in [5, 5.41) is 6.29. The molecule has 1 aromatic rings. The molecule has 1 aromatic carbocycles. The highest BCUT2D eigenvalue weighted by atomic mass is 127. The zero-order valence-electron chi connectivity index (χ0n) is 20.6. The first kappa shape index (κ1) is 29.4.